The molecule has 0 aromatic heterocycles. The number of aliphatic hydroxyl groups is 1. The van der Waals surface area contributed by atoms with E-state index >= 15 is 0 Å². The van der Waals surface area contributed by atoms with E-state index in [4.69, 9.17) is 0 Å². The van der Waals surface area contributed by atoms with Crippen LogP contribution in [0, 0.1) is 5.82 Å². The number of carbonyl (C=O) groups is 1. The van der Waals surface area contributed by atoms with Crippen molar-refractivity contribution in [1.29, 1.82) is 0 Å². The Labute approximate surface area is 118 Å². The molecular formula is C15H21FN2O2. The maximum Gasteiger partial charge on any atom is 0.219 e. The quantitative estimate of drug-likeness (QED) is 0.900. The first-order chi connectivity index (χ1) is 9.49. The van der Waals surface area contributed by atoms with E-state index in [1.54, 1.807) is 19.9 Å². The van der Waals surface area contributed by atoms with Gasteiger partial charge in [-0.05, 0) is 31.5 Å². The minimum atomic E-state index is -0.715. The molecule has 1 N–H and O–H groups in total. The van der Waals surface area contributed by atoms with E-state index in [0.29, 0.717) is 18.7 Å². The van der Waals surface area contributed by atoms with Crippen LogP contribution in [0.2, 0.25) is 0 Å². The van der Waals surface area contributed by atoms with Gasteiger partial charge in [0.25, 0.3) is 0 Å². The second-order valence-electron chi connectivity index (χ2n) is 5.23. The molecule has 0 saturated carbocycles. The van der Waals surface area contributed by atoms with Gasteiger partial charge in [0, 0.05) is 44.4 Å². The van der Waals surface area contributed by atoms with Crippen molar-refractivity contribution in [1.82, 2.24) is 4.90 Å². The van der Waals surface area contributed by atoms with Crippen LogP contribution in [0.5, 0.6) is 0 Å². The van der Waals surface area contributed by atoms with Crippen molar-refractivity contribution in [3.05, 3.63) is 29.6 Å². The lowest BCUT2D eigenvalue weighted by molar-refractivity contribution is -0.128. The SMILES string of the molecule is CC(=O)N1CCCN(c2ccc(F)cc2C(C)O)CC1. The van der Waals surface area contributed by atoms with E-state index in [1.807, 2.05) is 4.90 Å². The molecule has 1 fully saturated rings. The van der Waals surface area contributed by atoms with E-state index in [-0.39, 0.29) is 11.7 Å². The lowest BCUT2D eigenvalue weighted by atomic mass is 10.1. The molecule has 1 heterocycles. The first-order valence-electron chi connectivity index (χ1n) is 6.97. The van der Waals surface area contributed by atoms with Crippen molar-refractivity contribution in [2.45, 2.75) is 26.4 Å². The summed E-state index contributed by atoms with van der Waals surface area (Å²) in [4.78, 5) is 15.4. The summed E-state index contributed by atoms with van der Waals surface area (Å²) in [6, 6.07) is 4.50. The Morgan fingerprint density at radius 3 is 2.70 bits per heavy atom. The van der Waals surface area contributed by atoms with Crippen molar-refractivity contribution in [3.63, 3.8) is 0 Å². The molecule has 1 aliphatic rings. The summed E-state index contributed by atoms with van der Waals surface area (Å²) >= 11 is 0. The topological polar surface area (TPSA) is 43.8 Å². The minimum absolute atomic E-state index is 0.0849. The third-order valence-corrected chi connectivity index (χ3v) is 3.72. The molecule has 2 rings (SSSR count). The third-order valence-electron chi connectivity index (χ3n) is 3.72. The molecule has 0 aliphatic carbocycles. The molecule has 1 unspecified atom stereocenters. The monoisotopic (exact) mass is 280 g/mol. The van der Waals surface area contributed by atoms with Crippen molar-refractivity contribution < 1.29 is 14.3 Å². The smallest absolute Gasteiger partial charge is 0.219 e. The van der Waals surface area contributed by atoms with E-state index in [1.165, 1.54) is 12.1 Å². The highest BCUT2D eigenvalue weighted by molar-refractivity contribution is 5.73. The van der Waals surface area contributed by atoms with Gasteiger partial charge in [-0.3, -0.25) is 4.79 Å². The summed E-state index contributed by atoms with van der Waals surface area (Å²) in [6.07, 6.45) is 0.156. The lowest BCUT2D eigenvalue weighted by Crippen LogP contribution is -2.34. The van der Waals surface area contributed by atoms with Gasteiger partial charge in [-0.15, -0.1) is 0 Å². The number of nitrogens with zero attached hydrogens (tertiary/aromatic N) is 2. The average Bonchev–Trinajstić information content (AvgIpc) is 2.64. The standard InChI is InChI=1S/C15H21FN2O2/c1-11(19)14-10-13(16)4-5-15(14)18-7-3-6-17(8-9-18)12(2)20/h4-5,10-11,19H,3,6-9H2,1-2H3. The predicted octanol–water partition coefficient (Wildman–Crippen LogP) is 1.94. The molecule has 0 spiro atoms. The molecule has 1 atom stereocenters. The van der Waals surface area contributed by atoms with Crippen LogP contribution < -0.4 is 4.90 Å². The molecule has 110 valence electrons. The van der Waals surface area contributed by atoms with Crippen LogP contribution in [-0.2, 0) is 4.79 Å². The number of amides is 1. The molecule has 1 aliphatic heterocycles. The number of rotatable bonds is 2. The van der Waals surface area contributed by atoms with Gasteiger partial charge in [0.05, 0.1) is 6.10 Å². The van der Waals surface area contributed by atoms with E-state index in [9.17, 15) is 14.3 Å². The number of carbonyl (C=O) groups excluding carboxylic acids is 1. The Morgan fingerprint density at radius 1 is 1.30 bits per heavy atom. The second kappa shape index (κ2) is 6.22. The van der Waals surface area contributed by atoms with Crippen LogP contribution in [0.1, 0.15) is 31.9 Å². The summed E-state index contributed by atoms with van der Waals surface area (Å²) in [5.74, 6) is -0.258. The molecule has 4 nitrogen and oxygen atoms in total. The number of hydrogen-bond acceptors (Lipinski definition) is 3. The normalized spacial score (nSPS) is 17.8. The fourth-order valence-electron chi connectivity index (χ4n) is 2.62. The van der Waals surface area contributed by atoms with Gasteiger partial charge in [-0.25, -0.2) is 4.39 Å². The highest BCUT2D eigenvalue weighted by Crippen LogP contribution is 2.28. The lowest BCUT2D eigenvalue weighted by Gasteiger charge is -2.26. The Morgan fingerprint density at radius 2 is 2.05 bits per heavy atom. The molecule has 1 saturated heterocycles. The summed E-state index contributed by atoms with van der Waals surface area (Å²) < 4.78 is 13.3. The summed E-state index contributed by atoms with van der Waals surface area (Å²) in [5, 5.41) is 9.81. The zero-order valence-electron chi connectivity index (χ0n) is 12.0. The first-order valence-corrected chi connectivity index (χ1v) is 6.97. The van der Waals surface area contributed by atoms with E-state index in [0.717, 1.165) is 25.2 Å². The van der Waals surface area contributed by atoms with Crippen LogP contribution in [0.15, 0.2) is 18.2 Å². The van der Waals surface area contributed by atoms with Crippen LogP contribution in [0.25, 0.3) is 0 Å². The Balaban J connectivity index is 2.21. The number of aliphatic hydroxyl groups excluding tert-OH is 1. The van der Waals surface area contributed by atoms with Gasteiger partial charge in [0.2, 0.25) is 5.91 Å². The Hall–Kier alpha value is -1.62. The van der Waals surface area contributed by atoms with Gasteiger partial charge >= 0.3 is 0 Å². The molecule has 0 bridgehead atoms. The highest BCUT2D eigenvalue weighted by atomic mass is 19.1. The maximum absolute atomic E-state index is 13.3. The van der Waals surface area contributed by atoms with Crippen molar-refractivity contribution in [2.75, 3.05) is 31.1 Å². The first kappa shape index (κ1) is 14.8. The number of anilines is 1. The van der Waals surface area contributed by atoms with Crippen molar-refractivity contribution in [3.8, 4) is 0 Å². The van der Waals surface area contributed by atoms with Crippen LogP contribution in [0.3, 0.4) is 0 Å². The van der Waals surface area contributed by atoms with Crippen LogP contribution in [0.4, 0.5) is 10.1 Å². The average molecular weight is 280 g/mol. The molecular weight excluding hydrogens is 259 g/mol. The highest BCUT2D eigenvalue weighted by Gasteiger charge is 2.20. The molecule has 5 heteroatoms. The number of halogens is 1. The fraction of sp³-hybridized carbons (Fsp3) is 0.533. The summed E-state index contributed by atoms with van der Waals surface area (Å²) in [6.45, 7) is 6.12. The van der Waals surface area contributed by atoms with E-state index in [2.05, 4.69) is 4.90 Å². The van der Waals surface area contributed by atoms with Gasteiger partial charge in [0.15, 0.2) is 0 Å². The van der Waals surface area contributed by atoms with Gasteiger partial charge in [-0.2, -0.15) is 0 Å². The van der Waals surface area contributed by atoms with E-state index < -0.39 is 6.10 Å². The summed E-state index contributed by atoms with van der Waals surface area (Å²) in [7, 11) is 0. The Kier molecular flexibility index (Phi) is 4.60. The second-order valence-corrected chi connectivity index (χ2v) is 5.23. The molecule has 0 radical (unpaired) electrons. The fourth-order valence-corrected chi connectivity index (χ4v) is 2.62. The van der Waals surface area contributed by atoms with Crippen LogP contribution >= 0.6 is 0 Å². The van der Waals surface area contributed by atoms with Crippen molar-refractivity contribution >= 4 is 11.6 Å². The molecule has 1 amide bonds. The molecule has 1 aromatic rings. The van der Waals surface area contributed by atoms with Gasteiger partial charge in [0.1, 0.15) is 5.82 Å². The third kappa shape index (κ3) is 3.28. The predicted molar refractivity (Wildman–Crippen MR) is 76.1 cm³/mol. The number of benzene rings is 1. The number of hydrogen-bond donors (Lipinski definition) is 1. The van der Waals surface area contributed by atoms with Gasteiger partial charge < -0.3 is 14.9 Å². The zero-order chi connectivity index (χ0) is 14.7. The van der Waals surface area contributed by atoms with Crippen molar-refractivity contribution in [2.24, 2.45) is 0 Å². The van der Waals surface area contributed by atoms with Gasteiger partial charge in [-0.1, -0.05) is 0 Å². The minimum Gasteiger partial charge on any atom is -0.389 e. The molecule has 1 aromatic carbocycles. The maximum atomic E-state index is 13.3. The van der Waals surface area contributed by atoms with Crippen LogP contribution in [-0.4, -0.2) is 42.1 Å². The Bertz CT molecular complexity index is 491. The molecule has 20 heavy (non-hydrogen) atoms. The zero-order valence-corrected chi connectivity index (χ0v) is 12.0. The summed E-state index contributed by atoms with van der Waals surface area (Å²) in [5.41, 5.74) is 1.45. The largest absolute Gasteiger partial charge is 0.389 e.